The number of hydrogen-bond acceptors (Lipinski definition) is 9. The number of ether oxygens (including phenoxy) is 1. The highest BCUT2D eigenvalue weighted by atomic mass is 16.5. The van der Waals surface area contributed by atoms with Crippen LogP contribution in [0.15, 0.2) is 65.9 Å². The number of hydrogen-bond donors (Lipinski definition) is 3. The summed E-state index contributed by atoms with van der Waals surface area (Å²) >= 11 is 0. The number of carbonyl (C=O) groups excluding carboxylic acids is 2. The first-order chi connectivity index (χ1) is 19.0. The standard InChI is InChI=1S/C28H30N8O3/c1-19-4-5-20(16-24(19)33-28-31-8-6-25(34-28)36-9-3-7-30-18-36)27(38)32-22-14-21(26(37)29-2)15-23(17-22)35-10-12-39-13-11-35/h3-8,14-18H,9-13H2,1-2H3,(H,29,37)(H,32,38)(H,31,33,34). The fourth-order valence-corrected chi connectivity index (χ4v) is 4.29. The van der Waals surface area contributed by atoms with Crippen LogP contribution < -0.4 is 25.8 Å². The van der Waals surface area contributed by atoms with Gasteiger partial charge in [-0.1, -0.05) is 6.07 Å². The molecule has 0 atom stereocenters. The summed E-state index contributed by atoms with van der Waals surface area (Å²) in [7, 11) is 1.58. The number of amides is 2. The number of nitrogens with one attached hydrogen (secondary N) is 3. The predicted octanol–water partition coefficient (Wildman–Crippen LogP) is 3.34. The summed E-state index contributed by atoms with van der Waals surface area (Å²) in [6.07, 6.45) is 7.07. The molecule has 0 unspecified atom stereocenters. The number of nitrogens with zero attached hydrogens (tertiary/aromatic N) is 5. The molecule has 0 radical (unpaired) electrons. The van der Waals surface area contributed by atoms with Crippen LogP contribution in [0.2, 0.25) is 0 Å². The van der Waals surface area contributed by atoms with Gasteiger partial charge in [0.1, 0.15) is 5.82 Å². The normalized spacial score (nSPS) is 14.7. The van der Waals surface area contributed by atoms with Gasteiger partial charge in [-0.25, -0.2) is 9.98 Å². The highest BCUT2D eigenvalue weighted by Gasteiger charge is 2.17. The second-order valence-corrected chi connectivity index (χ2v) is 9.10. The maximum Gasteiger partial charge on any atom is 0.255 e. The van der Waals surface area contributed by atoms with Gasteiger partial charge in [-0.05, 0) is 55.0 Å². The fourth-order valence-electron chi connectivity index (χ4n) is 4.29. The lowest BCUT2D eigenvalue weighted by molar-refractivity contribution is 0.0961. The Labute approximate surface area is 226 Å². The molecule has 11 nitrogen and oxygen atoms in total. The molecule has 200 valence electrons. The minimum Gasteiger partial charge on any atom is -0.378 e. The van der Waals surface area contributed by atoms with Crippen molar-refractivity contribution in [2.75, 3.05) is 60.3 Å². The van der Waals surface area contributed by atoms with Gasteiger partial charge in [0.25, 0.3) is 11.8 Å². The van der Waals surface area contributed by atoms with E-state index in [2.05, 4.69) is 35.8 Å². The van der Waals surface area contributed by atoms with E-state index in [1.165, 1.54) is 0 Å². The topological polar surface area (TPSA) is 124 Å². The molecule has 0 aliphatic carbocycles. The zero-order chi connectivity index (χ0) is 27.2. The van der Waals surface area contributed by atoms with Crippen LogP contribution in [-0.4, -0.2) is 68.0 Å². The Morgan fingerprint density at radius 3 is 2.62 bits per heavy atom. The van der Waals surface area contributed by atoms with Crippen LogP contribution in [-0.2, 0) is 4.74 Å². The molecule has 0 spiro atoms. The van der Waals surface area contributed by atoms with E-state index in [-0.39, 0.29) is 11.8 Å². The largest absolute Gasteiger partial charge is 0.378 e. The molecule has 3 aromatic rings. The molecule has 2 aliphatic rings. The molecule has 2 amide bonds. The summed E-state index contributed by atoms with van der Waals surface area (Å²) in [5, 5.41) is 8.84. The molecule has 0 bridgehead atoms. The first-order valence-electron chi connectivity index (χ1n) is 12.7. The lowest BCUT2D eigenvalue weighted by atomic mass is 10.1. The van der Waals surface area contributed by atoms with E-state index < -0.39 is 0 Å². The summed E-state index contributed by atoms with van der Waals surface area (Å²) in [5.41, 5.74) is 3.94. The Balaban J connectivity index is 1.36. The van der Waals surface area contributed by atoms with Crippen molar-refractivity contribution < 1.29 is 14.3 Å². The Morgan fingerprint density at radius 1 is 1.00 bits per heavy atom. The Hall–Kier alpha value is -4.77. The molecule has 1 fully saturated rings. The van der Waals surface area contributed by atoms with Crippen LogP contribution in [0.5, 0.6) is 0 Å². The van der Waals surface area contributed by atoms with E-state index in [1.54, 1.807) is 44.0 Å². The van der Waals surface area contributed by atoms with Gasteiger partial charge in [0.15, 0.2) is 0 Å². The molecule has 39 heavy (non-hydrogen) atoms. The van der Waals surface area contributed by atoms with Crippen molar-refractivity contribution in [3.05, 3.63) is 77.6 Å². The molecule has 1 aromatic heterocycles. The lowest BCUT2D eigenvalue weighted by Gasteiger charge is -2.29. The van der Waals surface area contributed by atoms with Crippen LogP contribution in [0.1, 0.15) is 26.3 Å². The van der Waals surface area contributed by atoms with Crippen LogP contribution in [0.25, 0.3) is 0 Å². The zero-order valence-electron chi connectivity index (χ0n) is 21.8. The third-order valence-electron chi connectivity index (χ3n) is 6.42. The maximum absolute atomic E-state index is 13.3. The van der Waals surface area contributed by atoms with Gasteiger partial charge in [-0.3, -0.25) is 9.59 Å². The van der Waals surface area contributed by atoms with E-state index in [9.17, 15) is 9.59 Å². The predicted molar refractivity (Wildman–Crippen MR) is 152 cm³/mol. The summed E-state index contributed by atoms with van der Waals surface area (Å²) in [4.78, 5) is 42.8. The number of benzene rings is 2. The summed E-state index contributed by atoms with van der Waals surface area (Å²) in [6.45, 7) is 5.26. The second kappa shape index (κ2) is 11.7. The average molecular weight is 527 g/mol. The minimum absolute atomic E-state index is 0.225. The first kappa shape index (κ1) is 25.9. The van der Waals surface area contributed by atoms with Crippen molar-refractivity contribution >= 4 is 47.0 Å². The van der Waals surface area contributed by atoms with Gasteiger partial charge in [0.05, 0.1) is 19.6 Å². The Bertz CT molecular complexity index is 1430. The zero-order valence-corrected chi connectivity index (χ0v) is 21.8. The quantitative estimate of drug-likeness (QED) is 0.428. The number of morpholine rings is 1. The molecule has 3 N–H and O–H groups in total. The molecule has 2 aliphatic heterocycles. The van der Waals surface area contributed by atoms with Crippen molar-refractivity contribution in [2.45, 2.75) is 6.92 Å². The lowest BCUT2D eigenvalue weighted by Crippen LogP contribution is -2.36. The molecule has 5 rings (SSSR count). The molecule has 0 saturated carbocycles. The maximum atomic E-state index is 13.3. The van der Waals surface area contributed by atoms with Gasteiger partial charge in [-0.2, -0.15) is 4.98 Å². The van der Waals surface area contributed by atoms with Crippen molar-refractivity contribution in [3.8, 4) is 0 Å². The van der Waals surface area contributed by atoms with Gasteiger partial charge in [0.2, 0.25) is 5.95 Å². The number of carbonyl (C=O) groups is 2. The Morgan fingerprint density at radius 2 is 1.85 bits per heavy atom. The van der Waals surface area contributed by atoms with Crippen molar-refractivity contribution in [2.24, 2.45) is 4.99 Å². The highest BCUT2D eigenvalue weighted by Crippen LogP contribution is 2.26. The second-order valence-electron chi connectivity index (χ2n) is 9.10. The SMILES string of the molecule is CNC(=O)c1cc(NC(=O)c2ccc(C)c(Nc3nccc(N4C=NC=CC4)n3)c2)cc(N2CCOCC2)c1. The minimum atomic E-state index is -0.300. The summed E-state index contributed by atoms with van der Waals surface area (Å²) in [5.74, 6) is 0.589. The fraction of sp³-hybridized carbons (Fsp3) is 0.250. The van der Waals surface area contributed by atoms with Gasteiger partial charge in [-0.15, -0.1) is 0 Å². The number of aromatic nitrogens is 2. The monoisotopic (exact) mass is 526 g/mol. The summed E-state index contributed by atoms with van der Waals surface area (Å²) < 4.78 is 5.46. The highest BCUT2D eigenvalue weighted by molar-refractivity contribution is 6.06. The van der Waals surface area contributed by atoms with Gasteiger partial charge < -0.3 is 30.5 Å². The van der Waals surface area contributed by atoms with Crippen LogP contribution in [0.3, 0.4) is 0 Å². The molecular weight excluding hydrogens is 496 g/mol. The van der Waals surface area contributed by atoms with E-state index in [0.717, 1.165) is 11.3 Å². The van der Waals surface area contributed by atoms with Crippen LogP contribution in [0, 0.1) is 6.92 Å². The van der Waals surface area contributed by atoms with Crippen molar-refractivity contribution in [1.29, 1.82) is 0 Å². The van der Waals surface area contributed by atoms with E-state index in [0.29, 0.717) is 67.1 Å². The number of aliphatic imine (C=N–C) groups is 1. The average Bonchev–Trinajstić information content (AvgIpc) is 2.98. The van der Waals surface area contributed by atoms with Crippen molar-refractivity contribution in [1.82, 2.24) is 15.3 Å². The molecule has 1 saturated heterocycles. The van der Waals surface area contributed by atoms with Crippen molar-refractivity contribution in [3.63, 3.8) is 0 Å². The number of rotatable bonds is 7. The number of aryl methyl sites for hydroxylation is 1. The first-order valence-corrected chi connectivity index (χ1v) is 12.7. The van der Waals surface area contributed by atoms with Gasteiger partial charge >= 0.3 is 0 Å². The van der Waals surface area contributed by atoms with E-state index >= 15 is 0 Å². The van der Waals surface area contributed by atoms with E-state index in [1.807, 2.05) is 42.2 Å². The molecule has 11 heteroatoms. The van der Waals surface area contributed by atoms with Gasteiger partial charge in [0, 0.05) is 67.3 Å². The summed E-state index contributed by atoms with van der Waals surface area (Å²) in [6, 6.07) is 12.6. The number of anilines is 5. The molecule has 2 aromatic carbocycles. The third-order valence-corrected chi connectivity index (χ3v) is 6.42. The smallest absolute Gasteiger partial charge is 0.255 e. The molecule has 3 heterocycles. The van der Waals surface area contributed by atoms with Crippen LogP contribution in [0.4, 0.5) is 28.8 Å². The Kier molecular flexibility index (Phi) is 7.78. The third kappa shape index (κ3) is 6.21. The van der Waals surface area contributed by atoms with E-state index in [4.69, 9.17) is 4.74 Å². The van der Waals surface area contributed by atoms with Crippen LogP contribution >= 0.6 is 0 Å². The molecular formula is C28H30N8O3.